The summed E-state index contributed by atoms with van der Waals surface area (Å²) in [7, 11) is 1.70. The Kier molecular flexibility index (Phi) is 7.54. The highest BCUT2D eigenvalue weighted by molar-refractivity contribution is 6.35. The Bertz CT molecular complexity index is 653. The second-order valence-electron chi connectivity index (χ2n) is 7.56. The number of nitrogens with one attached hydrogen (secondary N) is 2. The number of anilines is 1. The average Bonchev–Trinajstić information content (AvgIpc) is 2.75. The molecule has 28 heavy (non-hydrogen) atoms. The van der Waals surface area contributed by atoms with Crippen LogP contribution in [0.15, 0.2) is 24.3 Å². The molecular formula is C21H32N4O3. The van der Waals surface area contributed by atoms with E-state index < -0.39 is 11.8 Å². The van der Waals surface area contributed by atoms with E-state index in [2.05, 4.69) is 26.5 Å². The Morgan fingerprint density at radius 2 is 1.75 bits per heavy atom. The zero-order valence-corrected chi connectivity index (χ0v) is 16.8. The number of rotatable bonds is 6. The molecule has 154 valence electrons. The van der Waals surface area contributed by atoms with E-state index in [0.717, 1.165) is 69.8 Å². The first kappa shape index (κ1) is 20.5. The number of carbonyl (C=O) groups excluding carboxylic acids is 2. The molecule has 0 radical (unpaired) electrons. The van der Waals surface area contributed by atoms with E-state index in [1.807, 2.05) is 18.2 Å². The van der Waals surface area contributed by atoms with Crippen LogP contribution in [0, 0.1) is 0 Å². The number of hydrogen-bond donors (Lipinski definition) is 2. The Hall–Kier alpha value is -2.28. The second kappa shape index (κ2) is 10.3. The van der Waals surface area contributed by atoms with Gasteiger partial charge in [0.2, 0.25) is 0 Å². The number of methoxy groups -OCH3 is 1. The molecule has 0 spiro atoms. The van der Waals surface area contributed by atoms with Crippen LogP contribution in [0.5, 0.6) is 5.75 Å². The molecule has 0 atom stereocenters. The van der Waals surface area contributed by atoms with E-state index in [1.165, 1.54) is 6.42 Å². The van der Waals surface area contributed by atoms with Crippen LogP contribution in [-0.4, -0.2) is 69.1 Å². The molecule has 7 heteroatoms. The van der Waals surface area contributed by atoms with Gasteiger partial charge in [-0.1, -0.05) is 31.4 Å². The van der Waals surface area contributed by atoms with Gasteiger partial charge in [0.05, 0.1) is 12.8 Å². The number of nitrogens with zero attached hydrogens (tertiary/aromatic N) is 2. The maximum atomic E-state index is 12.0. The Balaban J connectivity index is 1.35. The lowest BCUT2D eigenvalue weighted by Gasteiger charge is -2.36. The van der Waals surface area contributed by atoms with E-state index in [9.17, 15) is 9.59 Å². The van der Waals surface area contributed by atoms with Crippen molar-refractivity contribution in [1.82, 2.24) is 15.5 Å². The molecule has 7 nitrogen and oxygen atoms in total. The Labute approximate surface area is 167 Å². The quantitative estimate of drug-likeness (QED) is 0.721. The van der Waals surface area contributed by atoms with Gasteiger partial charge in [-0.3, -0.25) is 14.5 Å². The maximum absolute atomic E-state index is 12.0. The van der Waals surface area contributed by atoms with Crippen molar-refractivity contribution >= 4 is 17.5 Å². The minimum atomic E-state index is -0.516. The van der Waals surface area contributed by atoms with Crippen molar-refractivity contribution in [2.45, 2.75) is 38.1 Å². The standard InChI is InChI=1S/C21H32N4O3/c1-28-19-10-6-5-9-18(19)25-15-13-24(14-16-25)12-11-22-20(26)21(27)23-17-7-3-2-4-8-17/h5-6,9-10,17H,2-4,7-8,11-16H2,1H3,(H,22,26)(H,23,27). The van der Waals surface area contributed by atoms with Crippen LogP contribution in [0.25, 0.3) is 0 Å². The van der Waals surface area contributed by atoms with E-state index in [4.69, 9.17) is 4.74 Å². The normalized spacial score (nSPS) is 18.5. The average molecular weight is 389 g/mol. The van der Waals surface area contributed by atoms with Crippen LogP contribution >= 0.6 is 0 Å². The van der Waals surface area contributed by atoms with Crippen LogP contribution in [0.2, 0.25) is 0 Å². The predicted octanol–water partition coefficient (Wildman–Crippen LogP) is 1.38. The zero-order chi connectivity index (χ0) is 19.8. The monoisotopic (exact) mass is 388 g/mol. The molecule has 2 fully saturated rings. The molecule has 1 aliphatic heterocycles. The third-order valence-corrected chi connectivity index (χ3v) is 5.66. The molecule has 0 unspecified atom stereocenters. The maximum Gasteiger partial charge on any atom is 0.309 e. The minimum Gasteiger partial charge on any atom is -0.495 e. The number of amides is 2. The number of benzene rings is 1. The number of carbonyl (C=O) groups is 2. The fraction of sp³-hybridized carbons (Fsp3) is 0.619. The summed E-state index contributed by atoms with van der Waals surface area (Å²) in [5.74, 6) is -0.113. The highest BCUT2D eigenvalue weighted by atomic mass is 16.5. The van der Waals surface area contributed by atoms with Gasteiger partial charge in [0.15, 0.2) is 0 Å². The number of ether oxygens (including phenoxy) is 1. The van der Waals surface area contributed by atoms with Crippen LogP contribution in [0.3, 0.4) is 0 Å². The van der Waals surface area contributed by atoms with E-state index >= 15 is 0 Å². The molecule has 1 saturated carbocycles. The van der Waals surface area contributed by atoms with Crippen molar-refractivity contribution in [3.63, 3.8) is 0 Å². The summed E-state index contributed by atoms with van der Waals surface area (Å²) in [6.07, 6.45) is 5.45. The van der Waals surface area contributed by atoms with Crippen LogP contribution in [-0.2, 0) is 9.59 Å². The van der Waals surface area contributed by atoms with Crippen molar-refractivity contribution in [3.8, 4) is 5.75 Å². The molecule has 0 bridgehead atoms. The van der Waals surface area contributed by atoms with Gasteiger partial charge in [-0.05, 0) is 25.0 Å². The van der Waals surface area contributed by atoms with Crippen LogP contribution < -0.4 is 20.3 Å². The van der Waals surface area contributed by atoms with Gasteiger partial charge in [0.1, 0.15) is 5.75 Å². The zero-order valence-electron chi connectivity index (χ0n) is 16.8. The first-order valence-electron chi connectivity index (χ1n) is 10.4. The van der Waals surface area contributed by atoms with E-state index in [-0.39, 0.29) is 6.04 Å². The lowest BCUT2D eigenvalue weighted by molar-refractivity contribution is -0.139. The fourth-order valence-electron chi connectivity index (χ4n) is 4.01. The summed E-state index contributed by atoms with van der Waals surface area (Å²) in [4.78, 5) is 28.6. The Morgan fingerprint density at radius 1 is 1.04 bits per heavy atom. The highest BCUT2D eigenvalue weighted by Crippen LogP contribution is 2.28. The summed E-state index contributed by atoms with van der Waals surface area (Å²) < 4.78 is 5.45. The molecule has 2 aliphatic rings. The molecular weight excluding hydrogens is 356 g/mol. The third-order valence-electron chi connectivity index (χ3n) is 5.66. The van der Waals surface area contributed by atoms with Crippen LogP contribution in [0.1, 0.15) is 32.1 Å². The molecule has 1 aromatic carbocycles. The Morgan fingerprint density at radius 3 is 2.46 bits per heavy atom. The summed E-state index contributed by atoms with van der Waals surface area (Å²) in [5.41, 5.74) is 1.12. The van der Waals surface area contributed by atoms with Gasteiger partial charge >= 0.3 is 11.8 Å². The fourth-order valence-corrected chi connectivity index (χ4v) is 4.01. The van der Waals surface area contributed by atoms with E-state index in [0.29, 0.717) is 6.54 Å². The molecule has 1 heterocycles. The van der Waals surface area contributed by atoms with E-state index in [1.54, 1.807) is 7.11 Å². The predicted molar refractivity (Wildman–Crippen MR) is 110 cm³/mol. The smallest absolute Gasteiger partial charge is 0.309 e. The van der Waals surface area contributed by atoms with Crippen molar-refractivity contribution in [2.75, 3.05) is 51.3 Å². The first-order valence-corrected chi connectivity index (χ1v) is 10.4. The number of hydrogen-bond acceptors (Lipinski definition) is 5. The van der Waals surface area contributed by atoms with Gasteiger partial charge in [-0.25, -0.2) is 0 Å². The van der Waals surface area contributed by atoms with Crippen molar-refractivity contribution in [3.05, 3.63) is 24.3 Å². The lowest BCUT2D eigenvalue weighted by Crippen LogP contribution is -2.50. The second-order valence-corrected chi connectivity index (χ2v) is 7.56. The molecule has 2 amide bonds. The molecule has 3 rings (SSSR count). The van der Waals surface area contributed by atoms with Crippen LogP contribution in [0.4, 0.5) is 5.69 Å². The van der Waals surface area contributed by atoms with Gasteiger partial charge in [-0.15, -0.1) is 0 Å². The molecule has 1 aliphatic carbocycles. The van der Waals surface area contributed by atoms with Gasteiger partial charge in [0, 0.05) is 45.3 Å². The summed E-state index contributed by atoms with van der Waals surface area (Å²) in [5, 5.41) is 5.61. The van der Waals surface area contributed by atoms with Gasteiger partial charge in [0.25, 0.3) is 0 Å². The minimum absolute atomic E-state index is 0.162. The molecule has 1 saturated heterocycles. The lowest BCUT2D eigenvalue weighted by atomic mass is 9.95. The van der Waals surface area contributed by atoms with Crippen molar-refractivity contribution < 1.29 is 14.3 Å². The molecule has 2 N–H and O–H groups in total. The largest absolute Gasteiger partial charge is 0.495 e. The molecule has 0 aromatic heterocycles. The van der Waals surface area contributed by atoms with Crippen molar-refractivity contribution in [1.29, 1.82) is 0 Å². The SMILES string of the molecule is COc1ccccc1N1CCN(CCNC(=O)C(=O)NC2CCCCC2)CC1. The molecule has 1 aromatic rings. The first-order chi connectivity index (χ1) is 13.7. The third kappa shape index (κ3) is 5.61. The van der Waals surface area contributed by atoms with Gasteiger partial charge < -0.3 is 20.3 Å². The topological polar surface area (TPSA) is 73.9 Å². The van der Waals surface area contributed by atoms with Crippen molar-refractivity contribution in [2.24, 2.45) is 0 Å². The summed E-state index contributed by atoms with van der Waals surface area (Å²) in [6.45, 7) is 4.91. The number of piperazine rings is 1. The summed E-state index contributed by atoms with van der Waals surface area (Å²) in [6, 6.07) is 8.23. The van der Waals surface area contributed by atoms with Gasteiger partial charge in [-0.2, -0.15) is 0 Å². The summed E-state index contributed by atoms with van der Waals surface area (Å²) >= 11 is 0. The highest BCUT2D eigenvalue weighted by Gasteiger charge is 2.22. The number of para-hydroxylation sites is 2.